The van der Waals surface area contributed by atoms with E-state index >= 15 is 0 Å². The zero-order chi connectivity index (χ0) is 21.3. The van der Waals surface area contributed by atoms with E-state index in [0.29, 0.717) is 28.7 Å². The summed E-state index contributed by atoms with van der Waals surface area (Å²) in [6.45, 7) is 1.84. The van der Waals surface area contributed by atoms with E-state index in [9.17, 15) is 14.4 Å². The number of urea groups is 1. The number of para-hydroxylation sites is 2. The van der Waals surface area contributed by atoms with Crippen LogP contribution in [-0.2, 0) is 16.1 Å². The smallest absolute Gasteiger partial charge is 0.339 e. The van der Waals surface area contributed by atoms with Crippen molar-refractivity contribution >= 4 is 35.1 Å². The minimum absolute atomic E-state index is 0.111. The number of anilines is 1. The van der Waals surface area contributed by atoms with Crippen LogP contribution in [0, 0.1) is 0 Å². The zero-order valence-electron chi connectivity index (χ0n) is 15.9. The van der Waals surface area contributed by atoms with Crippen molar-refractivity contribution in [2.75, 3.05) is 11.5 Å². The van der Waals surface area contributed by atoms with Crippen LogP contribution in [0.2, 0.25) is 5.02 Å². The number of ether oxygens (including phenoxy) is 1. The monoisotopic (exact) mass is 425 g/mol. The summed E-state index contributed by atoms with van der Waals surface area (Å²) < 4.78 is 11.1. The number of rotatable bonds is 6. The molecule has 1 aliphatic rings. The van der Waals surface area contributed by atoms with Gasteiger partial charge in [-0.15, -0.1) is 0 Å². The summed E-state index contributed by atoms with van der Waals surface area (Å²) in [6, 6.07) is 12.7. The number of carbonyl (C=O) groups is 3. The Morgan fingerprint density at radius 3 is 2.63 bits per heavy atom. The van der Waals surface area contributed by atoms with Crippen LogP contribution < -0.4 is 9.64 Å². The highest BCUT2D eigenvalue weighted by atomic mass is 35.5. The summed E-state index contributed by atoms with van der Waals surface area (Å²) in [4.78, 5) is 43.6. The van der Waals surface area contributed by atoms with Gasteiger partial charge in [-0.1, -0.05) is 35.9 Å². The quantitative estimate of drug-likeness (QED) is 0.439. The maximum absolute atomic E-state index is 12.9. The molecule has 0 unspecified atom stereocenters. The summed E-state index contributed by atoms with van der Waals surface area (Å²) in [7, 11) is 0. The van der Waals surface area contributed by atoms with Crippen molar-refractivity contribution in [3.63, 3.8) is 0 Å². The van der Waals surface area contributed by atoms with Crippen LogP contribution >= 0.6 is 11.6 Å². The van der Waals surface area contributed by atoms with Gasteiger partial charge in [-0.05, 0) is 31.2 Å². The van der Waals surface area contributed by atoms with Crippen LogP contribution in [0.1, 0.15) is 12.8 Å². The predicted octanol–water partition coefficient (Wildman–Crippen LogP) is 3.89. The molecule has 1 saturated heterocycles. The third-order valence-corrected chi connectivity index (χ3v) is 4.65. The van der Waals surface area contributed by atoms with Gasteiger partial charge < -0.3 is 9.15 Å². The van der Waals surface area contributed by atoms with E-state index in [-0.39, 0.29) is 18.1 Å². The third kappa shape index (κ3) is 3.53. The molecule has 1 fully saturated rings. The van der Waals surface area contributed by atoms with Gasteiger partial charge in [-0.25, -0.2) is 19.6 Å². The van der Waals surface area contributed by atoms with Crippen LogP contribution in [0.5, 0.6) is 5.75 Å². The van der Waals surface area contributed by atoms with Crippen molar-refractivity contribution < 1.29 is 23.5 Å². The fourth-order valence-corrected chi connectivity index (χ4v) is 3.26. The molecular formula is C21H16ClN3O5. The number of nitrogens with zero attached hydrogens (tertiary/aromatic N) is 3. The Morgan fingerprint density at radius 1 is 1.07 bits per heavy atom. The van der Waals surface area contributed by atoms with E-state index < -0.39 is 17.8 Å². The molecule has 0 spiro atoms. The van der Waals surface area contributed by atoms with Crippen LogP contribution in [0.15, 0.2) is 59.1 Å². The van der Waals surface area contributed by atoms with Crippen molar-refractivity contribution in [3.05, 3.63) is 65.6 Å². The molecule has 0 aliphatic carbocycles. The molecule has 3 aromatic rings. The first kappa shape index (κ1) is 19.7. The molecule has 0 saturated carbocycles. The Hall–Kier alpha value is -3.65. The first-order chi connectivity index (χ1) is 14.5. The molecule has 9 heteroatoms. The van der Waals surface area contributed by atoms with Gasteiger partial charge in [0.05, 0.1) is 18.5 Å². The number of oxazole rings is 1. The number of hydrogen-bond donors (Lipinski definition) is 0. The molecule has 2 heterocycles. The van der Waals surface area contributed by atoms with E-state index in [1.807, 2.05) is 0 Å². The maximum atomic E-state index is 12.9. The lowest BCUT2D eigenvalue weighted by molar-refractivity contribution is -0.139. The van der Waals surface area contributed by atoms with Gasteiger partial charge in [0.15, 0.2) is 5.76 Å². The molecule has 1 aromatic heterocycles. The maximum Gasteiger partial charge on any atom is 0.339 e. The molecule has 4 amide bonds. The van der Waals surface area contributed by atoms with E-state index in [1.165, 1.54) is 6.20 Å². The summed E-state index contributed by atoms with van der Waals surface area (Å²) in [5.74, 6) is -1.06. The van der Waals surface area contributed by atoms with E-state index in [1.54, 1.807) is 55.5 Å². The highest BCUT2D eigenvalue weighted by Gasteiger charge is 2.46. The lowest BCUT2D eigenvalue weighted by atomic mass is 10.2. The summed E-state index contributed by atoms with van der Waals surface area (Å²) in [6.07, 6.45) is 1.47. The summed E-state index contributed by atoms with van der Waals surface area (Å²) in [5.41, 5.74) is 0.904. The zero-order valence-corrected chi connectivity index (χ0v) is 16.6. The number of carbonyl (C=O) groups excluding carboxylic acids is 3. The van der Waals surface area contributed by atoms with Gasteiger partial charge in [0.25, 0.3) is 0 Å². The normalized spacial score (nSPS) is 14.0. The molecule has 0 N–H and O–H groups in total. The fourth-order valence-electron chi connectivity index (χ4n) is 3.07. The van der Waals surface area contributed by atoms with Gasteiger partial charge in [0, 0.05) is 10.6 Å². The number of aromatic nitrogens is 1. The molecule has 8 nitrogen and oxygen atoms in total. The van der Waals surface area contributed by atoms with Gasteiger partial charge in [-0.3, -0.25) is 9.59 Å². The molecule has 0 radical (unpaired) electrons. The highest BCUT2D eigenvalue weighted by molar-refractivity contribution is 6.52. The summed E-state index contributed by atoms with van der Waals surface area (Å²) in [5, 5.41) is 0.532. The van der Waals surface area contributed by atoms with E-state index in [0.717, 1.165) is 9.80 Å². The second-order valence-electron chi connectivity index (χ2n) is 6.34. The van der Waals surface area contributed by atoms with Crippen LogP contribution in [0.3, 0.4) is 0 Å². The molecule has 0 atom stereocenters. The van der Waals surface area contributed by atoms with E-state index in [4.69, 9.17) is 20.8 Å². The molecular weight excluding hydrogens is 410 g/mol. The van der Waals surface area contributed by atoms with E-state index in [2.05, 4.69) is 4.98 Å². The molecule has 152 valence electrons. The minimum atomic E-state index is -0.964. The van der Waals surface area contributed by atoms with Gasteiger partial charge in [0.1, 0.15) is 12.3 Å². The number of amides is 4. The molecule has 2 aromatic carbocycles. The Labute approximate surface area is 176 Å². The topological polar surface area (TPSA) is 92.9 Å². The average molecular weight is 426 g/mol. The Kier molecular flexibility index (Phi) is 5.24. The SMILES string of the molecule is CCOc1ccccc1N1C(=O)C(=O)N(Cc2ncc(-c3cccc(Cl)c3)o2)C1=O. The highest BCUT2D eigenvalue weighted by Crippen LogP contribution is 2.32. The number of benzene rings is 2. The second kappa shape index (κ2) is 8.00. The summed E-state index contributed by atoms with van der Waals surface area (Å²) >= 11 is 5.99. The average Bonchev–Trinajstić information content (AvgIpc) is 3.28. The molecule has 4 rings (SSSR count). The molecule has 30 heavy (non-hydrogen) atoms. The first-order valence-electron chi connectivity index (χ1n) is 9.12. The predicted molar refractivity (Wildman–Crippen MR) is 108 cm³/mol. The fraction of sp³-hybridized carbons (Fsp3) is 0.143. The van der Waals surface area contributed by atoms with Gasteiger partial charge >= 0.3 is 17.8 Å². The standard InChI is InChI=1S/C21H16ClN3O5/c1-2-29-16-9-4-3-8-15(16)25-20(27)19(26)24(21(25)28)12-18-23-11-17(30-18)13-6-5-7-14(22)10-13/h3-11H,2,12H2,1H3. The largest absolute Gasteiger partial charge is 0.492 e. The van der Waals surface area contributed by atoms with Crippen molar-refractivity contribution in [3.8, 4) is 17.1 Å². The Bertz CT molecular complexity index is 1140. The van der Waals surface area contributed by atoms with Crippen molar-refractivity contribution in [2.45, 2.75) is 13.5 Å². The second-order valence-corrected chi connectivity index (χ2v) is 6.78. The van der Waals surface area contributed by atoms with Crippen molar-refractivity contribution in [1.82, 2.24) is 9.88 Å². The minimum Gasteiger partial charge on any atom is -0.492 e. The number of hydrogen-bond acceptors (Lipinski definition) is 6. The Morgan fingerprint density at radius 2 is 1.87 bits per heavy atom. The first-order valence-corrected chi connectivity index (χ1v) is 9.49. The van der Waals surface area contributed by atoms with Crippen LogP contribution in [0.25, 0.3) is 11.3 Å². The Balaban J connectivity index is 1.59. The molecule has 0 bridgehead atoms. The number of halogens is 1. The van der Waals surface area contributed by atoms with Crippen LogP contribution in [-0.4, -0.2) is 34.3 Å². The molecule has 1 aliphatic heterocycles. The third-order valence-electron chi connectivity index (χ3n) is 4.42. The van der Waals surface area contributed by atoms with Gasteiger partial charge in [-0.2, -0.15) is 0 Å². The lowest BCUT2D eigenvalue weighted by Gasteiger charge is -2.17. The van der Waals surface area contributed by atoms with Crippen LogP contribution in [0.4, 0.5) is 10.5 Å². The lowest BCUT2D eigenvalue weighted by Crippen LogP contribution is -2.33. The number of imide groups is 2. The van der Waals surface area contributed by atoms with Crippen molar-refractivity contribution in [2.24, 2.45) is 0 Å². The van der Waals surface area contributed by atoms with Gasteiger partial charge in [0.2, 0.25) is 5.89 Å². The van der Waals surface area contributed by atoms with Crippen molar-refractivity contribution in [1.29, 1.82) is 0 Å².